The average Bonchev–Trinajstić information content (AvgIpc) is 2.49. The molecule has 1 unspecified atom stereocenters. The van der Waals surface area contributed by atoms with Gasteiger partial charge < -0.3 is 10.1 Å². The Balaban J connectivity index is 2.29. The standard InChI is InChI=1S/C16H16ClF2NO/c1-20-14(10-6-7-12(17)13(18)8-10)9-11-4-3-5-15(21-2)16(11)19/h3-8,14,20H,9H2,1-2H3. The van der Waals surface area contributed by atoms with Crippen LogP contribution in [0.15, 0.2) is 36.4 Å². The fourth-order valence-corrected chi connectivity index (χ4v) is 2.32. The molecule has 0 aliphatic rings. The van der Waals surface area contributed by atoms with Crippen molar-refractivity contribution in [2.75, 3.05) is 14.2 Å². The molecule has 0 fully saturated rings. The molecule has 21 heavy (non-hydrogen) atoms. The van der Waals surface area contributed by atoms with Crippen LogP contribution >= 0.6 is 11.6 Å². The summed E-state index contributed by atoms with van der Waals surface area (Å²) >= 11 is 5.68. The van der Waals surface area contributed by atoms with Crippen LogP contribution in [0.3, 0.4) is 0 Å². The summed E-state index contributed by atoms with van der Waals surface area (Å²) in [5.41, 5.74) is 1.21. The topological polar surface area (TPSA) is 21.3 Å². The molecule has 1 N–H and O–H groups in total. The van der Waals surface area contributed by atoms with Gasteiger partial charge in [-0.1, -0.05) is 29.8 Å². The Hall–Kier alpha value is -1.65. The van der Waals surface area contributed by atoms with Gasteiger partial charge in [0, 0.05) is 6.04 Å². The molecule has 0 amide bonds. The van der Waals surface area contributed by atoms with Gasteiger partial charge in [-0.3, -0.25) is 0 Å². The number of methoxy groups -OCH3 is 1. The molecule has 5 heteroatoms. The molecule has 2 nitrogen and oxygen atoms in total. The van der Waals surface area contributed by atoms with E-state index in [1.807, 2.05) is 0 Å². The number of rotatable bonds is 5. The summed E-state index contributed by atoms with van der Waals surface area (Å²) in [4.78, 5) is 0. The van der Waals surface area contributed by atoms with Gasteiger partial charge in [0.2, 0.25) is 0 Å². The summed E-state index contributed by atoms with van der Waals surface area (Å²) in [5, 5.41) is 3.13. The normalized spacial score (nSPS) is 12.2. The molecule has 0 heterocycles. The summed E-state index contributed by atoms with van der Waals surface area (Å²) in [6.45, 7) is 0. The van der Waals surface area contributed by atoms with E-state index in [1.165, 1.54) is 19.2 Å². The summed E-state index contributed by atoms with van der Waals surface area (Å²) in [7, 11) is 3.17. The maximum atomic E-state index is 14.2. The molecule has 0 saturated carbocycles. The SMILES string of the molecule is CNC(Cc1cccc(OC)c1F)c1ccc(Cl)c(F)c1. The van der Waals surface area contributed by atoms with Crippen molar-refractivity contribution in [3.8, 4) is 5.75 Å². The smallest absolute Gasteiger partial charge is 0.168 e. The lowest BCUT2D eigenvalue weighted by Crippen LogP contribution is -2.19. The number of halogens is 3. The Kier molecular flexibility index (Phi) is 5.15. The van der Waals surface area contributed by atoms with Crippen LogP contribution in [0.4, 0.5) is 8.78 Å². The highest BCUT2D eigenvalue weighted by molar-refractivity contribution is 6.30. The van der Waals surface area contributed by atoms with Crippen LogP contribution in [0.1, 0.15) is 17.2 Å². The molecule has 2 rings (SSSR count). The van der Waals surface area contributed by atoms with Crippen molar-refractivity contribution in [3.05, 3.63) is 64.2 Å². The van der Waals surface area contributed by atoms with Crippen LogP contribution in [-0.4, -0.2) is 14.2 Å². The first kappa shape index (κ1) is 15.7. The van der Waals surface area contributed by atoms with Crippen LogP contribution < -0.4 is 10.1 Å². The summed E-state index contributed by atoms with van der Waals surface area (Å²) < 4.78 is 32.7. The number of nitrogens with one attached hydrogen (secondary N) is 1. The largest absolute Gasteiger partial charge is 0.494 e. The molecule has 112 valence electrons. The fraction of sp³-hybridized carbons (Fsp3) is 0.250. The highest BCUT2D eigenvalue weighted by atomic mass is 35.5. The van der Waals surface area contributed by atoms with Gasteiger partial charge in [-0.15, -0.1) is 0 Å². The van der Waals surface area contributed by atoms with E-state index >= 15 is 0 Å². The minimum Gasteiger partial charge on any atom is -0.494 e. The van der Waals surface area contributed by atoms with Crippen molar-refractivity contribution >= 4 is 11.6 Å². The third-order valence-electron chi connectivity index (χ3n) is 3.38. The summed E-state index contributed by atoms with van der Waals surface area (Å²) in [6.07, 6.45) is 0.376. The van der Waals surface area contributed by atoms with E-state index in [2.05, 4.69) is 5.32 Å². The molecule has 0 radical (unpaired) electrons. The number of hydrogen-bond donors (Lipinski definition) is 1. The van der Waals surface area contributed by atoms with E-state index in [9.17, 15) is 8.78 Å². The van der Waals surface area contributed by atoms with Gasteiger partial charge in [-0.25, -0.2) is 8.78 Å². The number of hydrogen-bond acceptors (Lipinski definition) is 2. The number of likely N-dealkylation sites (N-methyl/N-ethyl adjacent to an activating group) is 1. The van der Waals surface area contributed by atoms with Crippen LogP contribution in [-0.2, 0) is 6.42 Å². The molecule has 2 aromatic rings. The second-order valence-electron chi connectivity index (χ2n) is 4.65. The van der Waals surface area contributed by atoms with Crippen molar-refractivity contribution in [3.63, 3.8) is 0 Å². The zero-order valence-electron chi connectivity index (χ0n) is 11.8. The second kappa shape index (κ2) is 6.87. The van der Waals surface area contributed by atoms with E-state index < -0.39 is 11.6 Å². The zero-order valence-corrected chi connectivity index (χ0v) is 12.5. The van der Waals surface area contributed by atoms with Crippen LogP contribution in [0.5, 0.6) is 5.75 Å². The second-order valence-corrected chi connectivity index (χ2v) is 5.06. The van der Waals surface area contributed by atoms with E-state index in [4.69, 9.17) is 16.3 Å². The number of ether oxygens (including phenoxy) is 1. The van der Waals surface area contributed by atoms with E-state index in [0.29, 0.717) is 17.5 Å². The molecule has 0 saturated heterocycles. The Morgan fingerprint density at radius 2 is 2.00 bits per heavy atom. The van der Waals surface area contributed by atoms with Gasteiger partial charge in [0.05, 0.1) is 12.1 Å². The Labute approximate surface area is 127 Å². The van der Waals surface area contributed by atoms with Gasteiger partial charge in [-0.05, 0) is 42.8 Å². The number of benzene rings is 2. The highest BCUT2D eigenvalue weighted by Gasteiger charge is 2.16. The van der Waals surface area contributed by atoms with Crippen molar-refractivity contribution in [2.24, 2.45) is 0 Å². The first-order valence-corrected chi connectivity index (χ1v) is 6.88. The monoisotopic (exact) mass is 311 g/mol. The molecule has 2 aromatic carbocycles. The maximum Gasteiger partial charge on any atom is 0.168 e. The third kappa shape index (κ3) is 3.52. The Bertz CT molecular complexity index is 634. The lowest BCUT2D eigenvalue weighted by molar-refractivity contribution is 0.383. The third-order valence-corrected chi connectivity index (χ3v) is 3.69. The van der Waals surface area contributed by atoms with Gasteiger partial charge in [0.25, 0.3) is 0 Å². The molecular formula is C16H16ClF2NO. The van der Waals surface area contributed by atoms with Crippen LogP contribution in [0, 0.1) is 11.6 Å². The predicted molar refractivity (Wildman–Crippen MR) is 79.9 cm³/mol. The molecule has 0 aromatic heterocycles. The Morgan fingerprint density at radius 3 is 2.62 bits per heavy atom. The molecular weight excluding hydrogens is 296 g/mol. The van der Waals surface area contributed by atoms with Gasteiger partial charge in [0.1, 0.15) is 5.82 Å². The summed E-state index contributed by atoms with van der Waals surface area (Å²) in [6, 6.07) is 9.35. The lowest BCUT2D eigenvalue weighted by Gasteiger charge is -2.18. The Morgan fingerprint density at radius 1 is 1.24 bits per heavy atom. The van der Waals surface area contributed by atoms with Crippen molar-refractivity contribution in [2.45, 2.75) is 12.5 Å². The van der Waals surface area contributed by atoms with Crippen molar-refractivity contribution in [1.29, 1.82) is 0 Å². The minimum absolute atomic E-state index is 0.0705. The maximum absolute atomic E-state index is 14.2. The predicted octanol–water partition coefficient (Wildman–Crippen LogP) is 4.13. The van der Waals surface area contributed by atoms with Gasteiger partial charge >= 0.3 is 0 Å². The molecule has 0 aliphatic heterocycles. The lowest BCUT2D eigenvalue weighted by atomic mass is 9.98. The molecule has 0 aliphatic carbocycles. The van der Waals surface area contributed by atoms with Crippen LogP contribution in [0.2, 0.25) is 5.02 Å². The molecule has 0 bridgehead atoms. The molecule has 0 spiro atoms. The molecule has 1 atom stereocenters. The van der Waals surface area contributed by atoms with E-state index in [1.54, 1.807) is 31.3 Å². The van der Waals surface area contributed by atoms with Crippen molar-refractivity contribution < 1.29 is 13.5 Å². The van der Waals surface area contributed by atoms with Crippen LogP contribution in [0.25, 0.3) is 0 Å². The van der Waals surface area contributed by atoms with Gasteiger partial charge in [-0.2, -0.15) is 0 Å². The average molecular weight is 312 g/mol. The van der Waals surface area contributed by atoms with Crippen molar-refractivity contribution in [1.82, 2.24) is 5.32 Å². The van der Waals surface area contributed by atoms with Gasteiger partial charge in [0.15, 0.2) is 11.6 Å². The van der Waals surface area contributed by atoms with E-state index in [-0.39, 0.29) is 16.8 Å². The fourth-order valence-electron chi connectivity index (χ4n) is 2.21. The first-order chi connectivity index (χ1) is 10.1. The quantitative estimate of drug-likeness (QED) is 0.896. The highest BCUT2D eigenvalue weighted by Crippen LogP contribution is 2.26. The van der Waals surface area contributed by atoms with E-state index in [0.717, 1.165) is 0 Å². The first-order valence-electron chi connectivity index (χ1n) is 6.50. The summed E-state index contributed by atoms with van der Waals surface area (Å²) in [5.74, 6) is -0.681. The zero-order chi connectivity index (χ0) is 15.4. The minimum atomic E-state index is -0.486.